The van der Waals surface area contributed by atoms with Crippen molar-refractivity contribution in [1.82, 2.24) is 10.2 Å². The van der Waals surface area contributed by atoms with Crippen molar-refractivity contribution in [2.75, 3.05) is 20.2 Å². The Hall–Kier alpha value is -1.69. The van der Waals surface area contributed by atoms with Gasteiger partial charge in [-0.05, 0) is 12.0 Å². The summed E-state index contributed by atoms with van der Waals surface area (Å²) in [7, 11) is 1.53. The minimum atomic E-state index is -0.686. The molecule has 1 rings (SSSR count). The molecule has 1 aromatic carbocycles. The molecule has 0 fully saturated rings. The quantitative estimate of drug-likeness (QED) is 0.872. The van der Waals surface area contributed by atoms with Gasteiger partial charge in [0.25, 0.3) is 0 Å². The highest BCUT2D eigenvalue weighted by molar-refractivity contribution is 5.74. The molecule has 0 aliphatic heterocycles. The summed E-state index contributed by atoms with van der Waals surface area (Å²) in [6, 6.07) is 2.32. The third-order valence-corrected chi connectivity index (χ3v) is 3.03. The second kappa shape index (κ2) is 7.19. The van der Waals surface area contributed by atoms with Gasteiger partial charge in [0, 0.05) is 25.2 Å². The van der Waals surface area contributed by atoms with Crippen LogP contribution in [0.5, 0.6) is 0 Å². The number of aliphatic hydroxyl groups excluding tert-OH is 1. The van der Waals surface area contributed by atoms with Crippen LogP contribution in [0.2, 0.25) is 0 Å². The van der Waals surface area contributed by atoms with Crippen LogP contribution in [0.1, 0.15) is 25.5 Å². The molecule has 0 aliphatic carbocycles. The zero-order chi connectivity index (χ0) is 15.3. The molecule has 0 aromatic heterocycles. The molecule has 1 aromatic rings. The molecule has 0 saturated carbocycles. The van der Waals surface area contributed by atoms with Gasteiger partial charge in [0.15, 0.2) is 0 Å². The topological polar surface area (TPSA) is 52.6 Å². The van der Waals surface area contributed by atoms with E-state index in [-0.39, 0.29) is 24.6 Å². The first-order valence-electron chi connectivity index (χ1n) is 6.44. The molecule has 2 amide bonds. The number of nitrogens with zero attached hydrogens (tertiary/aromatic N) is 1. The fourth-order valence-corrected chi connectivity index (χ4v) is 1.85. The maximum absolute atomic E-state index is 13.8. The number of carbonyl (C=O) groups excluding carboxylic acids is 1. The average Bonchev–Trinajstić information content (AvgIpc) is 2.36. The van der Waals surface area contributed by atoms with Gasteiger partial charge in [-0.1, -0.05) is 19.9 Å². The van der Waals surface area contributed by atoms with Crippen LogP contribution in [0, 0.1) is 17.6 Å². The molecule has 1 atom stereocenters. The molecular formula is C14H20F2N2O2. The van der Waals surface area contributed by atoms with Crippen LogP contribution in [0.4, 0.5) is 13.6 Å². The number of nitrogens with one attached hydrogen (secondary N) is 1. The fraction of sp³-hybridized carbons (Fsp3) is 0.500. The lowest BCUT2D eigenvalue weighted by Gasteiger charge is -2.26. The van der Waals surface area contributed by atoms with E-state index < -0.39 is 23.7 Å². The van der Waals surface area contributed by atoms with Gasteiger partial charge in [0.1, 0.15) is 11.6 Å². The monoisotopic (exact) mass is 286 g/mol. The minimum Gasteiger partial charge on any atom is -0.395 e. The number of rotatable bonds is 5. The van der Waals surface area contributed by atoms with Crippen molar-refractivity contribution in [3.8, 4) is 0 Å². The molecule has 1 unspecified atom stereocenters. The van der Waals surface area contributed by atoms with E-state index in [0.717, 1.165) is 12.1 Å². The van der Waals surface area contributed by atoms with Gasteiger partial charge < -0.3 is 15.3 Å². The first-order valence-corrected chi connectivity index (χ1v) is 6.44. The van der Waals surface area contributed by atoms with E-state index in [1.165, 1.54) is 18.0 Å². The Morgan fingerprint density at radius 2 is 2.05 bits per heavy atom. The molecule has 0 bridgehead atoms. The van der Waals surface area contributed by atoms with Crippen LogP contribution in [-0.2, 0) is 0 Å². The summed E-state index contributed by atoms with van der Waals surface area (Å²) >= 11 is 0. The van der Waals surface area contributed by atoms with Crippen LogP contribution in [-0.4, -0.2) is 36.2 Å². The second-order valence-electron chi connectivity index (χ2n) is 4.98. The number of hydrogen-bond donors (Lipinski definition) is 2. The van der Waals surface area contributed by atoms with Gasteiger partial charge in [0.05, 0.1) is 12.6 Å². The van der Waals surface area contributed by atoms with Crippen LogP contribution >= 0.6 is 0 Å². The number of urea groups is 1. The maximum atomic E-state index is 13.8. The third kappa shape index (κ3) is 4.16. The Bertz CT molecular complexity index is 466. The molecule has 4 nitrogen and oxygen atoms in total. The summed E-state index contributed by atoms with van der Waals surface area (Å²) in [6.07, 6.45) is 0. The number of aliphatic hydroxyl groups is 1. The number of hydrogen-bond acceptors (Lipinski definition) is 2. The normalized spacial score (nSPS) is 12.3. The first-order chi connectivity index (χ1) is 9.36. The summed E-state index contributed by atoms with van der Waals surface area (Å²) in [6.45, 7) is 3.70. The van der Waals surface area contributed by atoms with Crippen molar-refractivity contribution in [3.05, 3.63) is 35.4 Å². The van der Waals surface area contributed by atoms with Crippen molar-refractivity contribution in [3.63, 3.8) is 0 Å². The molecule has 0 aliphatic rings. The van der Waals surface area contributed by atoms with Gasteiger partial charge in [-0.25, -0.2) is 13.6 Å². The van der Waals surface area contributed by atoms with E-state index in [9.17, 15) is 13.6 Å². The minimum absolute atomic E-state index is 0.0681. The summed E-state index contributed by atoms with van der Waals surface area (Å²) < 4.78 is 26.8. The lowest BCUT2D eigenvalue weighted by atomic mass is 9.95. The summed E-state index contributed by atoms with van der Waals surface area (Å²) in [5.74, 6) is -1.41. The van der Waals surface area contributed by atoms with Crippen molar-refractivity contribution in [2.45, 2.75) is 19.9 Å². The Balaban J connectivity index is 2.92. The number of benzene rings is 1. The Kier molecular flexibility index (Phi) is 5.88. The molecule has 0 saturated heterocycles. The standard InChI is InChI=1S/C14H20F2N2O2/c1-9(2)13(17-14(20)18(3)6-7-19)11-5-4-10(15)8-12(11)16/h4-5,8-9,13,19H,6-7H2,1-3H3,(H,17,20). The Morgan fingerprint density at radius 1 is 1.40 bits per heavy atom. The third-order valence-electron chi connectivity index (χ3n) is 3.03. The number of amides is 2. The van der Waals surface area contributed by atoms with E-state index in [4.69, 9.17) is 5.11 Å². The van der Waals surface area contributed by atoms with Gasteiger partial charge in [-0.15, -0.1) is 0 Å². The van der Waals surface area contributed by atoms with Crippen molar-refractivity contribution >= 4 is 6.03 Å². The average molecular weight is 286 g/mol. The molecule has 0 spiro atoms. The lowest BCUT2D eigenvalue weighted by molar-refractivity contribution is 0.184. The Labute approximate surface area is 117 Å². The van der Waals surface area contributed by atoms with E-state index >= 15 is 0 Å². The zero-order valence-corrected chi connectivity index (χ0v) is 11.9. The summed E-state index contributed by atoms with van der Waals surface area (Å²) in [5.41, 5.74) is 0.243. The van der Waals surface area contributed by atoms with Gasteiger partial charge >= 0.3 is 6.03 Å². The SMILES string of the molecule is CC(C)C(NC(=O)N(C)CCO)c1ccc(F)cc1F. The molecule has 6 heteroatoms. The van der Waals surface area contributed by atoms with Gasteiger partial charge in [-0.2, -0.15) is 0 Å². The second-order valence-corrected chi connectivity index (χ2v) is 4.98. The molecule has 2 N–H and O–H groups in total. The highest BCUT2D eigenvalue weighted by Gasteiger charge is 2.23. The molecule has 0 radical (unpaired) electrons. The molecule has 0 heterocycles. The zero-order valence-electron chi connectivity index (χ0n) is 11.9. The number of carbonyl (C=O) groups is 1. The summed E-state index contributed by atoms with van der Waals surface area (Å²) in [4.78, 5) is 13.2. The molecule has 20 heavy (non-hydrogen) atoms. The van der Waals surface area contributed by atoms with Crippen LogP contribution in [0.3, 0.4) is 0 Å². The predicted molar refractivity (Wildman–Crippen MR) is 72.2 cm³/mol. The van der Waals surface area contributed by atoms with Crippen molar-refractivity contribution in [1.29, 1.82) is 0 Å². The molecule has 112 valence electrons. The summed E-state index contributed by atoms with van der Waals surface area (Å²) in [5, 5.41) is 11.5. The van der Waals surface area contributed by atoms with Crippen molar-refractivity contribution in [2.24, 2.45) is 5.92 Å². The number of halogens is 2. The highest BCUT2D eigenvalue weighted by Crippen LogP contribution is 2.25. The van der Waals surface area contributed by atoms with E-state index in [0.29, 0.717) is 0 Å². The van der Waals surface area contributed by atoms with E-state index in [1.807, 2.05) is 13.8 Å². The predicted octanol–water partition coefficient (Wildman–Crippen LogP) is 2.30. The first kappa shape index (κ1) is 16.4. The van der Waals surface area contributed by atoms with Crippen LogP contribution < -0.4 is 5.32 Å². The van der Waals surface area contributed by atoms with E-state index in [2.05, 4.69) is 5.32 Å². The Morgan fingerprint density at radius 3 is 2.55 bits per heavy atom. The van der Waals surface area contributed by atoms with Crippen LogP contribution in [0.15, 0.2) is 18.2 Å². The van der Waals surface area contributed by atoms with Gasteiger partial charge in [-0.3, -0.25) is 0 Å². The number of likely N-dealkylation sites (N-methyl/N-ethyl adjacent to an activating group) is 1. The van der Waals surface area contributed by atoms with Gasteiger partial charge in [0.2, 0.25) is 0 Å². The smallest absolute Gasteiger partial charge is 0.317 e. The van der Waals surface area contributed by atoms with E-state index in [1.54, 1.807) is 0 Å². The highest BCUT2D eigenvalue weighted by atomic mass is 19.1. The lowest BCUT2D eigenvalue weighted by Crippen LogP contribution is -2.42. The largest absolute Gasteiger partial charge is 0.395 e. The molecular weight excluding hydrogens is 266 g/mol. The van der Waals surface area contributed by atoms with Crippen LogP contribution in [0.25, 0.3) is 0 Å². The van der Waals surface area contributed by atoms with Crippen molar-refractivity contribution < 1.29 is 18.7 Å². The maximum Gasteiger partial charge on any atom is 0.317 e. The fourth-order valence-electron chi connectivity index (χ4n) is 1.85.